The number of aromatic nitrogens is 3. The van der Waals surface area contributed by atoms with Gasteiger partial charge >= 0.3 is 0 Å². The number of nitrogens with zero attached hydrogens (tertiary/aromatic N) is 3. The van der Waals surface area contributed by atoms with Crippen LogP contribution in [0.3, 0.4) is 0 Å². The van der Waals surface area contributed by atoms with Gasteiger partial charge in [-0.3, -0.25) is 0 Å². The van der Waals surface area contributed by atoms with Gasteiger partial charge in [-0.2, -0.15) is 0 Å². The molecule has 0 radical (unpaired) electrons. The first-order valence-corrected chi connectivity index (χ1v) is 6.58. The van der Waals surface area contributed by atoms with E-state index >= 15 is 0 Å². The summed E-state index contributed by atoms with van der Waals surface area (Å²) in [5.74, 6) is 2.24. The van der Waals surface area contributed by atoms with Crippen LogP contribution in [0.4, 0.5) is 0 Å². The molecular formula is C14H20N4O2. The average molecular weight is 276 g/mol. The molecule has 2 rings (SSSR count). The molecule has 0 aliphatic carbocycles. The van der Waals surface area contributed by atoms with Gasteiger partial charge in [-0.15, -0.1) is 10.2 Å². The first-order valence-electron chi connectivity index (χ1n) is 6.58. The summed E-state index contributed by atoms with van der Waals surface area (Å²) in [6, 6.07) is 5.87. The van der Waals surface area contributed by atoms with Gasteiger partial charge < -0.3 is 19.4 Å². The second kappa shape index (κ2) is 6.91. The maximum Gasteiger partial charge on any atom is 0.170 e. The van der Waals surface area contributed by atoms with Crippen molar-refractivity contribution in [3.8, 4) is 11.5 Å². The number of para-hydroxylation sites is 1. The van der Waals surface area contributed by atoms with Crippen LogP contribution in [0, 0.1) is 0 Å². The molecular weight excluding hydrogens is 256 g/mol. The molecule has 6 nitrogen and oxygen atoms in total. The molecule has 0 fully saturated rings. The lowest BCUT2D eigenvalue weighted by atomic mass is 10.2. The van der Waals surface area contributed by atoms with E-state index in [9.17, 15) is 0 Å². The van der Waals surface area contributed by atoms with Gasteiger partial charge in [0.2, 0.25) is 0 Å². The van der Waals surface area contributed by atoms with Crippen molar-refractivity contribution in [1.82, 2.24) is 20.1 Å². The zero-order chi connectivity index (χ0) is 14.4. The minimum Gasteiger partial charge on any atom is -0.493 e. The first kappa shape index (κ1) is 14.3. The second-order valence-corrected chi connectivity index (χ2v) is 4.38. The predicted octanol–water partition coefficient (Wildman–Crippen LogP) is 1.51. The number of ether oxygens (including phenoxy) is 2. The normalized spacial score (nSPS) is 10.6. The van der Waals surface area contributed by atoms with E-state index in [0.717, 1.165) is 36.0 Å². The zero-order valence-corrected chi connectivity index (χ0v) is 12.1. The number of hydrogen-bond acceptors (Lipinski definition) is 5. The summed E-state index contributed by atoms with van der Waals surface area (Å²) in [5, 5.41) is 11.1. The van der Waals surface area contributed by atoms with E-state index in [2.05, 4.69) is 22.4 Å². The van der Waals surface area contributed by atoms with Gasteiger partial charge in [0.25, 0.3) is 0 Å². The molecule has 0 atom stereocenters. The molecule has 1 aromatic heterocycles. The van der Waals surface area contributed by atoms with Crippen LogP contribution in [-0.2, 0) is 20.2 Å². The highest BCUT2D eigenvalue weighted by Gasteiger charge is 2.11. The van der Waals surface area contributed by atoms with Crippen molar-refractivity contribution in [2.24, 2.45) is 7.05 Å². The number of aryl methyl sites for hydroxylation is 1. The van der Waals surface area contributed by atoms with Crippen molar-refractivity contribution < 1.29 is 9.47 Å². The SMILES string of the molecule is CCNCc1cccc(OC)c1OCc1nncn1C. The lowest BCUT2D eigenvalue weighted by molar-refractivity contribution is 0.269. The van der Waals surface area contributed by atoms with Crippen molar-refractivity contribution in [3.63, 3.8) is 0 Å². The molecule has 0 aliphatic rings. The van der Waals surface area contributed by atoms with Crippen molar-refractivity contribution in [2.45, 2.75) is 20.1 Å². The number of methoxy groups -OCH3 is 1. The van der Waals surface area contributed by atoms with Gasteiger partial charge in [0, 0.05) is 19.2 Å². The molecule has 20 heavy (non-hydrogen) atoms. The van der Waals surface area contributed by atoms with E-state index in [4.69, 9.17) is 9.47 Å². The van der Waals surface area contributed by atoms with Crippen molar-refractivity contribution in [1.29, 1.82) is 0 Å². The lowest BCUT2D eigenvalue weighted by Crippen LogP contribution is -2.13. The third kappa shape index (κ3) is 3.27. The van der Waals surface area contributed by atoms with Crippen molar-refractivity contribution in [3.05, 3.63) is 35.9 Å². The Kier molecular flexibility index (Phi) is 4.95. The minimum absolute atomic E-state index is 0.357. The molecule has 6 heteroatoms. The van der Waals surface area contributed by atoms with Gasteiger partial charge in [0.1, 0.15) is 12.9 Å². The summed E-state index contributed by atoms with van der Waals surface area (Å²) in [5.41, 5.74) is 1.06. The Morgan fingerprint density at radius 3 is 2.85 bits per heavy atom. The smallest absolute Gasteiger partial charge is 0.170 e. The molecule has 1 aromatic carbocycles. The maximum atomic E-state index is 5.89. The van der Waals surface area contributed by atoms with Crippen molar-refractivity contribution in [2.75, 3.05) is 13.7 Å². The fourth-order valence-corrected chi connectivity index (χ4v) is 1.86. The van der Waals surface area contributed by atoms with Gasteiger partial charge in [0.05, 0.1) is 7.11 Å². The molecule has 0 spiro atoms. The first-order chi connectivity index (χ1) is 9.76. The van der Waals surface area contributed by atoms with Gasteiger partial charge in [-0.05, 0) is 12.6 Å². The number of hydrogen-bond donors (Lipinski definition) is 1. The Bertz CT molecular complexity index is 554. The Balaban J connectivity index is 2.17. The van der Waals surface area contributed by atoms with E-state index in [1.807, 2.05) is 29.8 Å². The Morgan fingerprint density at radius 1 is 1.35 bits per heavy atom. The highest BCUT2D eigenvalue weighted by molar-refractivity contribution is 5.46. The number of rotatable bonds is 7. The summed E-state index contributed by atoms with van der Waals surface area (Å²) in [4.78, 5) is 0. The van der Waals surface area contributed by atoms with E-state index < -0.39 is 0 Å². The quantitative estimate of drug-likeness (QED) is 0.830. The standard InChI is InChI=1S/C14H20N4O2/c1-4-15-8-11-6-5-7-12(19-3)14(11)20-9-13-17-16-10-18(13)2/h5-7,10,15H,4,8-9H2,1-3H3. The van der Waals surface area contributed by atoms with Crippen LogP contribution in [0.15, 0.2) is 24.5 Å². The Hall–Kier alpha value is -2.08. The maximum absolute atomic E-state index is 5.89. The monoisotopic (exact) mass is 276 g/mol. The average Bonchev–Trinajstić information content (AvgIpc) is 2.88. The summed E-state index contributed by atoms with van der Waals surface area (Å²) >= 11 is 0. The zero-order valence-electron chi connectivity index (χ0n) is 12.1. The molecule has 0 amide bonds. The van der Waals surface area contributed by atoms with E-state index in [0.29, 0.717) is 6.61 Å². The van der Waals surface area contributed by atoms with Gasteiger partial charge in [-0.25, -0.2) is 0 Å². The van der Waals surface area contributed by atoms with Gasteiger partial charge in [0.15, 0.2) is 17.3 Å². The summed E-state index contributed by atoms with van der Waals surface area (Å²) in [7, 11) is 3.53. The number of benzene rings is 1. The molecule has 108 valence electrons. The Morgan fingerprint density at radius 2 is 2.20 bits per heavy atom. The molecule has 0 saturated heterocycles. The van der Waals surface area contributed by atoms with E-state index in [1.54, 1.807) is 13.4 Å². The molecule has 0 aliphatic heterocycles. The molecule has 1 N–H and O–H groups in total. The minimum atomic E-state index is 0.357. The predicted molar refractivity (Wildman–Crippen MR) is 75.7 cm³/mol. The third-order valence-electron chi connectivity index (χ3n) is 3.00. The fourth-order valence-electron chi connectivity index (χ4n) is 1.86. The van der Waals surface area contributed by atoms with Crippen molar-refractivity contribution >= 4 is 0 Å². The van der Waals surface area contributed by atoms with Crippen LogP contribution in [0.1, 0.15) is 18.3 Å². The van der Waals surface area contributed by atoms with E-state index in [1.165, 1.54) is 0 Å². The van der Waals surface area contributed by atoms with Crippen LogP contribution in [0.5, 0.6) is 11.5 Å². The van der Waals surface area contributed by atoms with Crippen LogP contribution >= 0.6 is 0 Å². The summed E-state index contributed by atoms with van der Waals surface area (Å²) in [6.07, 6.45) is 1.65. The number of nitrogens with one attached hydrogen (secondary N) is 1. The lowest BCUT2D eigenvalue weighted by Gasteiger charge is -2.15. The topological polar surface area (TPSA) is 61.2 Å². The highest BCUT2D eigenvalue weighted by Crippen LogP contribution is 2.31. The highest BCUT2D eigenvalue weighted by atomic mass is 16.5. The molecule has 1 heterocycles. The van der Waals surface area contributed by atoms with Crippen LogP contribution < -0.4 is 14.8 Å². The third-order valence-corrected chi connectivity index (χ3v) is 3.00. The van der Waals surface area contributed by atoms with Crippen LogP contribution in [-0.4, -0.2) is 28.4 Å². The molecule has 0 bridgehead atoms. The fraction of sp³-hybridized carbons (Fsp3) is 0.429. The van der Waals surface area contributed by atoms with E-state index in [-0.39, 0.29) is 0 Å². The largest absolute Gasteiger partial charge is 0.493 e. The van der Waals surface area contributed by atoms with Crippen LogP contribution in [0.2, 0.25) is 0 Å². The molecule has 0 unspecified atom stereocenters. The van der Waals surface area contributed by atoms with Crippen LogP contribution in [0.25, 0.3) is 0 Å². The summed E-state index contributed by atoms with van der Waals surface area (Å²) in [6.45, 7) is 4.07. The second-order valence-electron chi connectivity index (χ2n) is 4.38. The van der Waals surface area contributed by atoms with Gasteiger partial charge in [-0.1, -0.05) is 19.1 Å². The Labute approximate surface area is 118 Å². The molecule has 0 saturated carbocycles. The molecule has 2 aromatic rings. The summed E-state index contributed by atoms with van der Waals surface area (Å²) < 4.78 is 13.1.